The molecule has 0 saturated carbocycles. The van der Waals surface area contributed by atoms with Gasteiger partial charge in [0.2, 0.25) is 15.8 Å². The van der Waals surface area contributed by atoms with Crippen molar-refractivity contribution in [1.82, 2.24) is 4.98 Å². The average Bonchev–Trinajstić information content (AvgIpc) is 3.12. The Morgan fingerprint density at radius 3 is 2.68 bits per heavy atom. The van der Waals surface area contributed by atoms with Gasteiger partial charge in [-0.1, -0.05) is 34.4 Å². The number of hydrogen-bond acceptors (Lipinski definition) is 6. The van der Waals surface area contributed by atoms with Gasteiger partial charge in [-0.05, 0) is 30.7 Å². The van der Waals surface area contributed by atoms with Crippen molar-refractivity contribution in [3.8, 4) is 0 Å². The molecule has 2 unspecified atom stereocenters. The Bertz CT molecular complexity index is 1210. The van der Waals surface area contributed by atoms with Crippen LogP contribution in [0.2, 0.25) is 10.0 Å². The van der Waals surface area contributed by atoms with Crippen molar-refractivity contribution >= 4 is 50.4 Å². The molecule has 0 aliphatic carbocycles. The van der Waals surface area contributed by atoms with Crippen LogP contribution in [0.4, 0.5) is 14.5 Å². The largest absolute Gasteiger partial charge is 0.387 e. The van der Waals surface area contributed by atoms with Gasteiger partial charge in [0.15, 0.2) is 11.4 Å². The van der Waals surface area contributed by atoms with Crippen LogP contribution < -0.4 is 4.31 Å². The van der Waals surface area contributed by atoms with E-state index >= 15 is 0 Å². The van der Waals surface area contributed by atoms with Crippen molar-refractivity contribution in [2.75, 3.05) is 10.8 Å². The lowest BCUT2D eigenvalue weighted by molar-refractivity contribution is 0.0857. The molecular weight excluding hydrogens is 475 g/mol. The lowest BCUT2D eigenvalue weighted by Gasteiger charge is -2.34. The topological polar surface area (TPSA) is 88.9 Å². The van der Waals surface area contributed by atoms with E-state index in [4.69, 9.17) is 28.0 Å². The summed E-state index contributed by atoms with van der Waals surface area (Å²) >= 11 is 12.8. The van der Waals surface area contributed by atoms with E-state index in [-0.39, 0.29) is 32.6 Å². The quantitative estimate of drug-likeness (QED) is 0.627. The van der Waals surface area contributed by atoms with Gasteiger partial charge in [0, 0.05) is 23.2 Å². The number of aromatic nitrogens is 1. The number of nitrogens with zero attached hydrogens (tertiary/aromatic N) is 3. The highest BCUT2D eigenvalue weighted by Crippen LogP contribution is 2.46. The number of benzene rings is 1. The molecule has 2 aromatic rings. The summed E-state index contributed by atoms with van der Waals surface area (Å²) in [6, 6.07) is 5.32. The van der Waals surface area contributed by atoms with Crippen molar-refractivity contribution in [3.05, 3.63) is 57.3 Å². The van der Waals surface area contributed by atoms with Crippen LogP contribution in [0.1, 0.15) is 46.3 Å². The number of anilines is 1. The van der Waals surface area contributed by atoms with Crippen LogP contribution >= 0.6 is 23.2 Å². The lowest BCUT2D eigenvalue weighted by Crippen LogP contribution is -2.45. The molecule has 31 heavy (non-hydrogen) atoms. The average molecular weight is 490 g/mol. The molecular formula is C19H15Cl2F2N3O4S. The predicted molar refractivity (Wildman–Crippen MR) is 112 cm³/mol. The van der Waals surface area contributed by atoms with Crippen LogP contribution in [0.25, 0.3) is 0 Å². The standard InChI is InChI=1S/C19H15Cl2F2N3O4S/c1-9-7-13(30-25-9)15-11(20)5-4-10(16(15)21)19-18(27)17-12(3-2-6-24-17)26(8-14(22)23)31(19,28)29/h2-6,13-14,19H,7-8H2,1H3. The van der Waals surface area contributed by atoms with Crippen LogP contribution in [0.5, 0.6) is 0 Å². The third-order valence-electron chi connectivity index (χ3n) is 5.01. The molecule has 7 nitrogen and oxygen atoms in total. The fraction of sp³-hybridized carbons (Fsp3) is 0.316. The maximum Gasteiger partial charge on any atom is 0.257 e. The second-order valence-electron chi connectivity index (χ2n) is 7.07. The second-order valence-corrected chi connectivity index (χ2v) is 9.80. The second kappa shape index (κ2) is 7.99. The number of sulfonamides is 1. The first-order chi connectivity index (χ1) is 14.6. The molecule has 0 amide bonds. The number of alkyl halides is 2. The molecule has 3 heterocycles. The van der Waals surface area contributed by atoms with Crippen LogP contribution in [-0.4, -0.2) is 37.9 Å². The number of carbonyl (C=O) groups excluding carboxylic acids is 1. The van der Waals surface area contributed by atoms with Crippen LogP contribution in [0.15, 0.2) is 35.6 Å². The molecule has 2 aliphatic heterocycles. The summed E-state index contributed by atoms with van der Waals surface area (Å²) < 4.78 is 53.7. The first-order valence-electron chi connectivity index (χ1n) is 9.09. The van der Waals surface area contributed by atoms with Crippen LogP contribution in [0.3, 0.4) is 0 Å². The Morgan fingerprint density at radius 1 is 1.29 bits per heavy atom. The summed E-state index contributed by atoms with van der Waals surface area (Å²) in [4.78, 5) is 22.5. The van der Waals surface area contributed by atoms with Gasteiger partial charge in [0.1, 0.15) is 5.69 Å². The molecule has 12 heteroatoms. The van der Waals surface area contributed by atoms with Gasteiger partial charge in [-0.15, -0.1) is 0 Å². The van der Waals surface area contributed by atoms with Crippen molar-refractivity contribution in [2.45, 2.75) is 31.1 Å². The van der Waals surface area contributed by atoms with Gasteiger partial charge in [-0.3, -0.25) is 14.1 Å². The Hall–Kier alpha value is -2.30. The Balaban J connectivity index is 1.89. The number of rotatable bonds is 4. The fourth-order valence-electron chi connectivity index (χ4n) is 3.68. The van der Waals surface area contributed by atoms with Crippen molar-refractivity contribution < 1.29 is 26.8 Å². The third-order valence-corrected chi connectivity index (χ3v) is 7.79. The van der Waals surface area contributed by atoms with E-state index in [0.29, 0.717) is 16.4 Å². The van der Waals surface area contributed by atoms with Gasteiger partial charge in [-0.2, -0.15) is 0 Å². The number of oxime groups is 1. The van der Waals surface area contributed by atoms with E-state index in [1.165, 1.54) is 30.5 Å². The zero-order valence-electron chi connectivity index (χ0n) is 15.9. The highest BCUT2D eigenvalue weighted by Gasteiger charge is 2.48. The summed E-state index contributed by atoms with van der Waals surface area (Å²) in [7, 11) is -4.59. The first-order valence-corrected chi connectivity index (χ1v) is 11.3. The highest BCUT2D eigenvalue weighted by atomic mass is 35.5. The third kappa shape index (κ3) is 3.66. The molecule has 0 spiro atoms. The molecule has 1 aromatic heterocycles. The summed E-state index contributed by atoms with van der Waals surface area (Å²) in [5, 5.41) is 2.09. The molecule has 4 rings (SSSR count). The van der Waals surface area contributed by atoms with Gasteiger partial charge in [0.25, 0.3) is 6.43 Å². The number of halogens is 4. The number of carbonyl (C=O) groups is 1. The maximum atomic E-state index is 13.3. The molecule has 0 saturated heterocycles. The van der Waals surface area contributed by atoms with Crippen molar-refractivity contribution in [2.24, 2.45) is 5.16 Å². The zero-order chi connectivity index (χ0) is 22.5. The minimum absolute atomic E-state index is 0.0882. The normalized spacial score (nSPS) is 22.3. The Morgan fingerprint density at radius 2 is 2.03 bits per heavy atom. The smallest absolute Gasteiger partial charge is 0.257 e. The van der Waals surface area contributed by atoms with E-state index in [1.807, 2.05) is 0 Å². The highest BCUT2D eigenvalue weighted by molar-refractivity contribution is 7.94. The molecule has 0 bridgehead atoms. The number of Topliss-reactive ketones (excluding diaryl/α,β-unsaturated/α-hetero) is 1. The fourth-order valence-corrected chi connectivity index (χ4v) is 6.36. The summed E-state index contributed by atoms with van der Waals surface area (Å²) in [5.74, 6) is -0.865. The lowest BCUT2D eigenvalue weighted by atomic mass is 9.98. The van der Waals surface area contributed by atoms with E-state index in [1.54, 1.807) is 6.92 Å². The summed E-state index contributed by atoms with van der Waals surface area (Å²) in [6.07, 6.45) is -1.98. The molecule has 0 fully saturated rings. The zero-order valence-corrected chi connectivity index (χ0v) is 18.3. The van der Waals surface area contributed by atoms with Gasteiger partial charge >= 0.3 is 0 Å². The Labute approximate surface area is 186 Å². The van der Waals surface area contributed by atoms with E-state index in [2.05, 4.69) is 10.1 Å². The molecule has 0 N–H and O–H groups in total. The minimum Gasteiger partial charge on any atom is -0.387 e. The molecule has 0 radical (unpaired) electrons. The van der Waals surface area contributed by atoms with Gasteiger partial charge < -0.3 is 4.84 Å². The summed E-state index contributed by atoms with van der Waals surface area (Å²) in [6.45, 7) is 0.618. The molecule has 164 valence electrons. The first kappa shape index (κ1) is 21.9. The van der Waals surface area contributed by atoms with Crippen LogP contribution in [0, 0.1) is 0 Å². The number of hydrogen-bond donors (Lipinski definition) is 0. The minimum atomic E-state index is -4.59. The van der Waals surface area contributed by atoms with Crippen molar-refractivity contribution in [3.63, 3.8) is 0 Å². The number of pyridine rings is 1. The van der Waals surface area contributed by atoms with E-state index in [9.17, 15) is 22.0 Å². The van der Waals surface area contributed by atoms with Crippen molar-refractivity contribution in [1.29, 1.82) is 0 Å². The monoisotopic (exact) mass is 489 g/mol. The van der Waals surface area contributed by atoms with Gasteiger partial charge in [-0.25, -0.2) is 17.2 Å². The molecule has 2 aliphatic rings. The number of ketones is 1. The molecule has 2 atom stereocenters. The summed E-state index contributed by atoms with van der Waals surface area (Å²) in [5.41, 5.74) is 0.445. The Kier molecular flexibility index (Phi) is 5.65. The van der Waals surface area contributed by atoms with E-state index in [0.717, 1.165) is 0 Å². The van der Waals surface area contributed by atoms with E-state index < -0.39 is 40.1 Å². The SMILES string of the molecule is CC1=NOC(c2c(Cl)ccc(C3C(=O)c4ncccc4N(CC(F)F)S3(=O)=O)c2Cl)C1. The van der Waals surface area contributed by atoms with Crippen LogP contribution in [-0.2, 0) is 14.9 Å². The van der Waals surface area contributed by atoms with Gasteiger partial charge in [0.05, 0.1) is 23.0 Å². The molecule has 1 aromatic carbocycles. The maximum absolute atomic E-state index is 13.3. The predicted octanol–water partition coefficient (Wildman–Crippen LogP) is 4.56. The number of fused-ring (bicyclic) bond motifs is 1.